The van der Waals surface area contributed by atoms with E-state index in [1.807, 2.05) is 24.4 Å². The molecule has 0 radical (unpaired) electrons. The second-order valence-corrected chi connectivity index (χ2v) is 6.10. The van der Waals surface area contributed by atoms with Crippen molar-refractivity contribution in [2.45, 2.75) is 25.3 Å². The Kier molecular flexibility index (Phi) is 4.38. The first-order valence-corrected chi connectivity index (χ1v) is 8.44. The molecule has 1 atom stereocenters. The number of benzene rings is 1. The van der Waals surface area contributed by atoms with Crippen molar-refractivity contribution in [3.8, 4) is 0 Å². The van der Waals surface area contributed by atoms with E-state index in [1.165, 1.54) is 10.9 Å². The summed E-state index contributed by atoms with van der Waals surface area (Å²) in [6.07, 6.45) is 5.58. The van der Waals surface area contributed by atoms with E-state index in [2.05, 4.69) is 37.2 Å². The third kappa shape index (κ3) is 3.23. The van der Waals surface area contributed by atoms with Crippen molar-refractivity contribution >= 4 is 16.7 Å². The molecule has 6 nitrogen and oxygen atoms in total. The highest BCUT2D eigenvalue weighted by atomic mass is 16.5. The second kappa shape index (κ2) is 6.97. The Morgan fingerprint density at radius 3 is 3.12 bits per heavy atom. The first kappa shape index (κ1) is 15.1. The van der Waals surface area contributed by atoms with E-state index < -0.39 is 0 Å². The monoisotopic (exact) mass is 323 g/mol. The number of aryl methyl sites for hydroxylation is 1. The van der Waals surface area contributed by atoms with E-state index in [-0.39, 0.29) is 0 Å². The molecular weight excluding hydrogens is 302 g/mol. The maximum atomic E-state index is 5.44. The largest absolute Gasteiger partial charge is 0.381 e. The van der Waals surface area contributed by atoms with Gasteiger partial charge in [0.2, 0.25) is 0 Å². The Hall–Kier alpha value is -2.47. The van der Waals surface area contributed by atoms with Gasteiger partial charge in [-0.3, -0.25) is 4.68 Å². The van der Waals surface area contributed by atoms with E-state index in [0.717, 1.165) is 50.7 Å². The zero-order chi connectivity index (χ0) is 16.2. The summed E-state index contributed by atoms with van der Waals surface area (Å²) in [5.41, 5.74) is 2.26. The van der Waals surface area contributed by atoms with Gasteiger partial charge >= 0.3 is 0 Å². The Balaban J connectivity index is 1.32. The van der Waals surface area contributed by atoms with Crippen molar-refractivity contribution in [2.75, 3.05) is 25.1 Å². The lowest BCUT2D eigenvalue weighted by Gasteiger charge is -2.10. The number of anilines is 1. The molecule has 0 amide bonds. The number of aromatic nitrogens is 4. The van der Waals surface area contributed by atoms with E-state index in [4.69, 9.17) is 4.74 Å². The first-order valence-electron chi connectivity index (χ1n) is 8.44. The molecule has 1 fully saturated rings. The molecule has 1 saturated heterocycles. The van der Waals surface area contributed by atoms with Crippen LogP contribution in [0.25, 0.3) is 10.9 Å². The lowest BCUT2D eigenvalue weighted by atomic mass is 10.1. The van der Waals surface area contributed by atoms with E-state index in [0.29, 0.717) is 5.92 Å². The van der Waals surface area contributed by atoms with Gasteiger partial charge in [0.1, 0.15) is 12.1 Å². The molecule has 0 aliphatic carbocycles. The van der Waals surface area contributed by atoms with E-state index in [1.54, 1.807) is 6.33 Å². The number of hydrogen-bond donors (Lipinski definition) is 1. The van der Waals surface area contributed by atoms with Gasteiger partial charge in [0, 0.05) is 37.1 Å². The maximum absolute atomic E-state index is 5.44. The molecule has 2 aromatic heterocycles. The highest BCUT2D eigenvalue weighted by Gasteiger charge is 2.19. The van der Waals surface area contributed by atoms with Gasteiger partial charge in [-0.25, -0.2) is 9.97 Å². The highest BCUT2D eigenvalue weighted by molar-refractivity contribution is 5.78. The Morgan fingerprint density at radius 1 is 1.25 bits per heavy atom. The summed E-state index contributed by atoms with van der Waals surface area (Å²) in [5.74, 6) is 1.29. The van der Waals surface area contributed by atoms with Crippen LogP contribution in [0.15, 0.2) is 42.9 Å². The van der Waals surface area contributed by atoms with Gasteiger partial charge < -0.3 is 10.1 Å². The molecule has 0 spiro atoms. The van der Waals surface area contributed by atoms with Crippen molar-refractivity contribution in [1.82, 2.24) is 19.7 Å². The van der Waals surface area contributed by atoms with Crippen LogP contribution in [0.3, 0.4) is 0 Å². The van der Waals surface area contributed by atoms with Crippen LogP contribution in [-0.2, 0) is 11.3 Å². The molecular formula is C18H21N5O. The van der Waals surface area contributed by atoms with Crippen LogP contribution in [0.2, 0.25) is 0 Å². The zero-order valence-corrected chi connectivity index (χ0v) is 13.6. The topological polar surface area (TPSA) is 64.9 Å². The van der Waals surface area contributed by atoms with Gasteiger partial charge in [0.25, 0.3) is 0 Å². The number of nitrogens with zero attached hydrogens (tertiary/aromatic N) is 4. The highest BCUT2D eigenvalue weighted by Crippen LogP contribution is 2.24. The minimum Gasteiger partial charge on any atom is -0.381 e. The number of rotatable bonds is 6. The molecule has 24 heavy (non-hydrogen) atoms. The van der Waals surface area contributed by atoms with Gasteiger partial charge in [-0.1, -0.05) is 18.2 Å². The van der Waals surface area contributed by atoms with Crippen LogP contribution < -0.4 is 5.32 Å². The molecule has 1 N–H and O–H groups in total. The molecule has 6 heteroatoms. The SMILES string of the molecule is c1ccc2c(c1)cnn2CCCNc1cc([C@H]2CCOC2)ncn1. The Morgan fingerprint density at radius 2 is 2.21 bits per heavy atom. The molecule has 3 heterocycles. The average molecular weight is 323 g/mol. The van der Waals surface area contributed by atoms with Crippen molar-refractivity contribution in [2.24, 2.45) is 0 Å². The molecule has 124 valence electrons. The van der Waals surface area contributed by atoms with Crippen molar-refractivity contribution in [1.29, 1.82) is 0 Å². The lowest BCUT2D eigenvalue weighted by molar-refractivity contribution is 0.193. The minimum absolute atomic E-state index is 0.406. The van der Waals surface area contributed by atoms with Crippen LogP contribution in [0.5, 0.6) is 0 Å². The average Bonchev–Trinajstić information content (AvgIpc) is 3.29. The fraction of sp³-hybridized carbons (Fsp3) is 0.389. The van der Waals surface area contributed by atoms with Gasteiger partial charge in [-0.15, -0.1) is 0 Å². The van der Waals surface area contributed by atoms with Gasteiger partial charge in [-0.2, -0.15) is 5.10 Å². The number of hydrogen-bond acceptors (Lipinski definition) is 5. The standard InChI is InChI=1S/C18H21N5O/c1-2-5-17-14(4-1)11-22-23(17)8-3-7-19-18-10-16(20-13-21-18)15-6-9-24-12-15/h1-2,4-5,10-11,13,15H,3,6-9,12H2,(H,19,20,21)/t15-/m0/s1. The normalized spacial score (nSPS) is 17.4. The van der Waals surface area contributed by atoms with Crippen LogP contribution in [0.4, 0.5) is 5.82 Å². The van der Waals surface area contributed by atoms with Crippen LogP contribution in [-0.4, -0.2) is 39.5 Å². The number of fused-ring (bicyclic) bond motifs is 1. The van der Waals surface area contributed by atoms with Crippen molar-refractivity contribution in [3.63, 3.8) is 0 Å². The molecule has 0 bridgehead atoms. The van der Waals surface area contributed by atoms with Gasteiger partial charge in [0.05, 0.1) is 24.0 Å². The number of ether oxygens (including phenoxy) is 1. The van der Waals surface area contributed by atoms with Crippen LogP contribution in [0.1, 0.15) is 24.5 Å². The van der Waals surface area contributed by atoms with E-state index in [9.17, 15) is 0 Å². The third-order valence-corrected chi connectivity index (χ3v) is 4.44. The summed E-state index contributed by atoms with van der Waals surface area (Å²) in [4.78, 5) is 8.69. The Bertz CT molecular complexity index is 810. The van der Waals surface area contributed by atoms with Gasteiger partial charge in [-0.05, 0) is 18.9 Å². The Labute approximate surface area is 140 Å². The zero-order valence-electron chi connectivity index (χ0n) is 13.6. The number of nitrogens with one attached hydrogen (secondary N) is 1. The summed E-state index contributed by atoms with van der Waals surface area (Å²) in [6.45, 7) is 3.33. The summed E-state index contributed by atoms with van der Waals surface area (Å²) >= 11 is 0. The van der Waals surface area contributed by atoms with Crippen molar-refractivity contribution in [3.05, 3.63) is 48.5 Å². The summed E-state index contributed by atoms with van der Waals surface area (Å²) in [7, 11) is 0. The fourth-order valence-electron chi connectivity index (χ4n) is 3.11. The smallest absolute Gasteiger partial charge is 0.129 e. The molecule has 4 rings (SSSR count). The summed E-state index contributed by atoms with van der Waals surface area (Å²) < 4.78 is 7.49. The molecule has 0 unspecified atom stereocenters. The fourth-order valence-corrected chi connectivity index (χ4v) is 3.11. The quantitative estimate of drug-likeness (QED) is 0.707. The molecule has 1 aromatic carbocycles. The summed E-state index contributed by atoms with van der Waals surface area (Å²) in [6, 6.07) is 10.3. The predicted molar refractivity (Wildman–Crippen MR) is 93.0 cm³/mol. The van der Waals surface area contributed by atoms with Gasteiger partial charge in [0.15, 0.2) is 0 Å². The van der Waals surface area contributed by atoms with Crippen molar-refractivity contribution < 1.29 is 4.74 Å². The predicted octanol–water partition coefficient (Wildman–Crippen LogP) is 2.83. The molecule has 0 saturated carbocycles. The van der Waals surface area contributed by atoms with Crippen LogP contribution >= 0.6 is 0 Å². The third-order valence-electron chi connectivity index (χ3n) is 4.44. The van der Waals surface area contributed by atoms with E-state index >= 15 is 0 Å². The molecule has 1 aliphatic rings. The molecule has 3 aromatic rings. The first-order chi connectivity index (χ1) is 11.9. The summed E-state index contributed by atoms with van der Waals surface area (Å²) in [5, 5.41) is 9.03. The minimum atomic E-state index is 0.406. The maximum Gasteiger partial charge on any atom is 0.129 e. The molecule has 1 aliphatic heterocycles. The second-order valence-electron chi connectivity index (χ2n) is 6.10. The van der Waals surface area contributed by atoms with Crippen LogP contribution in [0, 0.1) is 0 Å². The lowest BCUT2D eigenvalue weighted by Crippen LogP contribution is -2.10. The number of para-hydroxylation sites is 1.